The molecule has 1 aromatic carbocycles. The van der Waals surface area contributed by atoms with E-state index in [4.69, 9.17) is 10.8 Å². The van der Waals surface area contributed by atoms with E-state index in [-0.39, 0.29) is 5.56 Å². The minimum atomic E-state index is -1.34. The molecule has 0 aliphatic rings. The molecule has 0 bridgehead atoms. The van der Waals surface area contributed by atoms with E-state index in [1.165, 1.54) is 12.1 Å². The van der Waals surface area contributed by atoms with Crippen molar-refractivity contribution in [1.29, 1.82) is 0 Å². The molecule has 2 rings (SSSR count). The van der Waals surface area contributed by atoms with Crippen LogP contribution >= 0.6 is 0 Å². The maximum atomic E-state index is 13.5. The van der Waals surface area contributed by atoms with Crippen LogP contribution < -0.4 is 5.73 Å². The number of nitrogens with two attached hydrogens (primary N) is 1. The summed E-state index contributed by atoms with van der Waals surface area (Å²) in [5, 5.41) is 9.37. The van der Waals surface area contributed by atoms with Gasteiger partial charge in [-0.3, -0.25) is 4.79 Å². The van der Waals surface area contributed by atoms with Crippen LogP contribution in [0.3, 0.4) is 0 Å². The van der Waals surface area contributed by atoms with Gasteiger partial charge in [0.15, 0.2) is 0 Å². The van der Waals surface area contributed by atoms with Gasteiger partial charge in [0.05, 0.1) is 0 Å². The smallest absolute Gasteiger partial charge is 0.325 e. The first-order chi connectivity index (χ1) is 7.09. The van der Waals surface area contributed by atoms with E-state index in [0.717, 1.165) is 0 Å². The Morgan fingerprint density at radius 2 is 2.27 bits per heavy atom. The molecule has 4 N–H and O–H groups in total. The van der Waals surface area contributed by atoms with Crippen molar-refractivity contribution in [1.82, 2.24) is 4.98 Å². The normalized spacial score (nSPS) is 12.9. The number of H-pyrrole nitrogens is 1. The van der Waals surface area contributed by atoms with Crippen LogP contribution in [-0.4, -0.2) is 16.1 Å². The minimum Gasteiger partial charge on any atom is -0.480 e. The van der Waals surface area contributed by atoms with Gasteiger partial charge in [0.1, 0.15) is 11.9 Å². The standard InChI is InChI=1S/C10H9FN2O2/c11-7-3-5-1-2-13-8(5)4-6(7)9(12)10(14)15/h1-4,9,13H,12H2,(H,14,15). The lowest BCUT2D eigenvalue weighted by Gasteiger charge is -2.07. The second-order valence-electron chi connectivity index (χ2n) is 3.25. The summed E-state index contributed by atoms with van der Waals surface area (Å²) in [5.41, 5.74) is 6.00. The number of aliphatic carboxylic acids is 1. The van der Waals surface area contributed by atoms with Gasteiger partial charge in [-0.25, -0.2) is 4.39 Å². The minimum absolute atomic E-state index is 0.0162. The van der Waals surface area contributed by atoms with E-state index >= 15 is 0 Å². The Hall–Kier alpha value is -1.88. The SMILES string of the molecule is NC(C(=O)O)c1cc2[nH]ccc2cc1F. The molecule has 0 aliphatic carbocycles. The van der Waals surface area contributed by atoms with Gasteiger partial charge in [-0.2, -0.15) is 0 Å². The number of carbonyl (C=O) groups is 1. The number of hydrogen-bond acceptors (Lipinski definition) is 2. The van der Waals surface area contributed by atoms with E-state index in [9.17, 15) is 9.18 Å². The number of carboxylic acids is 1. The third-order valence-electron chi connectivity index (χ3n) is 2.27. The molecule has 0 fully saturated rings. The van der Waals surface area contributed by atoms with Gasteiger partial charge in [-0.05, 0) is 18.2 Å². The van der Waals surface area contributed by atoms with Crippen LogP contribution in [0.15, 0.2) is 24.4 Å². The van der Waals surface area contributed by atoms with E-state index in [2.05, 4.69) is 4.98 Å². The van der Waals surface area contributed by atoms with Crippen molar-refractivity contribution in [2.75, 3.05) is 0 Å². The Morgan fingerprint density at radius 1 is 1.53 bits per heavy atom. The second kappa shape index (κ2) is 3.36. The maximum absolute atomic E-state index is 13.5. The number of aromatic amines is 1. The molecule has 0 saturated heterocycles. The highest BCUT2D eigenvalue weighted by Crippen LogP contribution is 2.22. The van der Waals surface area contributed by atoms with Gasteiger partial charge >= 0.3 is 5.97 Å². The summed E-state index contributed by atoms with van der Waals surface area (Å²) >= 11 is 0. The van der Waals surface area contributed by atoms with E-state index in [1.54, 1.807) is 12.3 Å². The Labute approximate surface area is 84.5 Å². The molecule has 15 heavy (non-hydrogen) atoms. The average Bonchev–Trinajstić information content (AvgIpc) is 2.62. The predicted molar refractivity (Wildman–Crippen MR) is 52.8 cm³/mol. The first-order valence-corrected chi connectivity index (χ1v) is 4.34. The van der Waals surface area contributed by atoms with Crippen LogP contribution in [0.1, 0.15) is 11.6 Å². The molecule has 1 unspecified atom stereocenters. The highest BCUT2D eigenvalue weighted by molar-refractivity contribution is 5.83. The van der Waals surface area contributed by atoms with Crippen LogP contribution in [0, 0.1) is 5.82 Å². The highest BCUT2D eigenvalue weighted by Gasteiger charge is 2.19. The fraction of sp³-hybridized carbons (Fsp3) is 0.100. The second-order valence-corrected chi connectivity index (χ2v) is 3.25. The number of benzene rings is 1. The molecule has 5 heteroatoms. The maximum Gasteiger partial charge on any atom is 0.325 e. The Bertz CT molecular complexity index is 521. The predicted octanol–water partition coefficient (Wildman–Crippen LogP) is 1.39. The quantitative estimate of drug-likeness (QED) is 0.697. The average molecular weight is 208 g/mol. The van der Waals surface area contributed by atoms with Crippen molar-refractivity contribution >= 4 is 16.9 Å². The third kappa shape index (κ3) is 1.57. The van der Waals surface area contributed by atoms with Crippen LogP contribution in [0.4, 0.5) is 4.39 Å². The summed E-state index contributed by atoms with van der Waals surface area (Å²) in [6, 6.07) is 3.06. The summed E-state index contributed by atoms with van der Waals surface area (Å²) < 4.78 is 13.5. The molecule has 0 aliphatic heterocycles. The number of fused-ring (bicyclic) bond motifs is 1. The van der Waals surface area contributed by atoms with Gasteiger partial charge < -0.3 is 15.8 Å². The molecule has 0 radical (unpaired) electrons. The van der Waals surface area contributed by atoms with Crippen LogP contribution in [-0.2, 0) is 4.79 Å². The summed E-state index contributed by atoms with van der Waals surface area (Å²) in [6.07, 6.45) is 1.65. The number of halogens is 1. The Morgan fingerprint density at radius 3 is 2.93 bits per heavy atom. The summed E-state index contributed by atoms with van der Waals surface area (Å²) in [4.78, 5) is 13.5. The lowest BCUT2D eigenvalue weighted by Crippen LogP contribution is -2.21. The number of nitrogens with one attached hydrogen (secondary N) is 1. The molecular weight excluding hydrogens is 199 g/mol. The molecule has 1 heterocycles. The van der Waals surface area contributed by atoms with Crippen molar-refractivity contribution in [3.63, 3.8) is 0 Å². The van der Waals surface area contributed by atoms with E-state index < -0.39 is 17.8 Å². The Kier molecular flexibility index (Phi) is 2.17. The molecular formula is C10H9FN2O2. The van der Waals surface area contributed by atoms with Crippen molar-refractivity contribution in [3.8, 4) is 0 Å². The zero-order valence-electron chi connectivity index (χ0n) is 7.70. The zero-order chi connectivity index (χ0) is 11.0. The molecule has 0 saturated carbocycles. The molecule has 78 valence electrons. The van der Waals surface area contributed by atoms with Crippen LogP contribution in [0.25, 0.3) is 10.9 Å². The fourth-order valence-electron chi connectivity index (χ4n) is 1.46. The van der Waals surface area contributed by atoms with Crippen LogP contribution in [0.2, 0.25) is 0 Å². The third-order valence-corrected chi connectivity index (χ3v) is 2.27. The first-order valence-electron chi connectivity index (χ1n) is 4.34. The fourth-order valence-corrected chi connectivity index (χ4v) is 1.46. The molecule has 1 aromatic heterocycles. The van der Waals surface area contributed by atoms with Crippen molar-refractivity contribution in [3.05, 3.63) is 35.8 Å². The highest BCUT2D eigenvalue weighted by atomic mass is 19.1. The molecule has 2 aromatic rings. The lowest BCUT2D eigenvalue weighted by molar-refractivity contribution is -0.138. The number of carboxylic acid groups (broad SMARTS) is 1. The van der Waals surface area contributed by atoms with Gasteiger partial charge in [0.25, 0.3) is 0 Å². The van der Waals surface area contributed by atoms with Gasteiger partial charge in [-0.15, -0.1) is 0 Å². The number of rotatable bonds is 2. The number of aromatic nitrogens is 1. The number of hydrogen-bond donors (Lipinski definition) is 3. The molecule has 0 spiro atoms. The van der Waals surface area contributed by atoms with Crippen molar-refractivity contribution in [2.45, 2.75) is 6.04 Å². The molecule has 0 amide bonds. The van der Waals surface area contributed by atoms with Crippen molar-refractivity contribution < 1.29 is 14.3 Å². The monoisotopic (exact) mass is 208 g/mol. The topological polar surface area (TPSA) is 79.1 Å². The van der Waals surface area contributed by atoms with Gasteiger partial charge in [-0.1, -0.05) is 0 Å². The molecule has 1 atom stereocenters. The van der Waals surface area contributed by atoms with Gasteiger partial charge in [0.2, 0.25) is 0 Å². The Balaban J connectivity index is 2.59. The van der Waals surface area contributed by atoms with Gasteiger partial charge in [0, 0.05) is 22.7 Å². The summed E-state index contributed by atoms with van der Waals surface area (Å²) in [5.74, 6) is -1.85. The van der Waals surface area contributed by atoms with Crippen molar-refractivity contribution in [2.24, 2.45) is 5.73 Å². The summed E-state index contributed by atoms with van der Waals surface area (Å²) in [6.45, 7) is 0. The largest absolute Gasteiger partial charge is 0.480 e. The van der Waals surface area contributed by atoms with E-state index in [1.807, 2.05) is 0 Å². The van der Waals surface area contributed by atoms with E-state index in [0.29, 0.717) is 10.9 Å². The molecule has 4 nitrogen and oxygen atoms in total. The zero-order valence-corrected chi connectivity index (χ0v) is 7.70. The summed E-state index contributed by atoms with van der Waals surface area (Å²) in [7, 11) is 0. The van der Waals surface area contributed by atoms with Crippen LogP contribution in [0.5, 0.6) is 0 Å². The first kappa shape index (κ1) is 9.67. The lowest BCUT2D eigenvalue weighted by atomic mass is 10.1.